The van der Waals surface area contributed by atoms with Crippen molar-refractivity contribution in [1.82, 2.24) is 9.80 Å². The summed E-state index contributed by atoms with van der Waals surface area (Å²) in [7, 11) is 0. The van der Waals surface area contributed by atoms with E-state index in [0.29, 0.717) is 0 Å². The molecule has 0 radical (unpaired) electrons. The molecule has 8 aliphatic rings. The van der Waals surface area contributed by atoms with Crippen LogP contribution in [0.15, 0.2) is 12.2 Å². The minimum atomic E-state index is 0.869. The lowest BCUT2D eigenvalue weighted by Crippen LogP contribution is -2.56. The number of allylic oxidation sites excluding steroid dienone is 2. The Bertz CT molecular complexity index is 1030. The van der Waals surface area contributed by atoms with E-state index in [9.17, 15) is 0 Å². The molecule has 0 saturated heterocycles. The summed E-state index contributed by atoms with van der Waals surface area (Å²) in [5.41, 5.74) is 0. The van der Waals surface area contributed by atoms with E-state index in [-0.39, 0.29) is 0 Å². The number of hydrogen-bond acceptors (Lipinski definition) is 2. The summed E-state index contributed by atoms with van der Waals surface area (Å²) in [5, 5.41) is 0. The smallest absolute Gasteiger partial charge is 0.0132 e. The topological polar surface area (TPSA) is 6.48 Å². The normalized spacial score (nSPS) is 44.6. The maximum absolute atomic E-state index is 3.28. The van der Waals surface area contributed by atoms with Crippen molar-refractivity contribution in [2.75, 3.05) is 0 Å². The zero-order valence-electron chi connectivity index (χ0n) is 34.8. The van der Waals surface area contributed by atoms with Crippen molar-refractivity contribution in [3.05, 3.63) is 12.2 Å². The van der Waals surface area contributed by atoms with Crippen LogP contribution in [0.4, 0.5) is 0 Å². The Morgan fingerprint density at radius 2 is 0.712 bits per heavy atom. The van der Waals surface area contributed by atoms with Crippen molar-refractivity contribution >= 4 is 0 Å². The first kappa shape index (κ1) is 38.5. The van der Waals surface area contributed by atoms with Gasteiger partial charge in [-0.25, -0.2) is 0 Å². The van der Waals surface area contributed by atoms with Crippen LogP contribution in [0.1, 0.15) is 219 Å². The fourth-order valence-electron chi connectivity index (χ4n) is 15.1. The van der Waals surface area contributed by atoms with Gasteiger partial charge in [-0.05, 0) is 201 Å². The molecule has 2 nitrogen and oxygen atoms in total. The molecule has 0 aromatic carbocycles. The molecule has 3 unspecified atom stereocenters. The summed E-state index contributed by atoms with van der Waals surface area (Å²) < 4.78 is 0. The van der Waals surface area contributed by atoms with Crippen molar-refractivity contribution in [3.63, 3.8) is 0 Å². The van der Waals surface area contributed by atoms with Gasteiger partial charge in [0.25, 0.3) is 0 Å². The van der Waals surface area contributed by atoms with E-state index < -0.39 is 0 Å². The first-order chi connectivity index (χ1) is 25.6. The van der Waals surface area contributed by atoms with Crippen LogP contribution in [0.5, 0.6) is 0 Å². The Hall–Kier alpha value is -0.340. The largest absolute Gasteiger partial charge is 0.294 e. The summed E-state index contributed by atoms with van der Waals surface area (Å²) in [6.45, 7) is 5.02. The van der Waals surface area contributed by atoms with Gasteiger partial charge in [-0.15, -0.1) is 0 Å². The lowest BCUT2D eigenvalue weighted by molar-refractivity contribution is -0.0342. The predicted molar refractivity (Wildman–Crippen MR) is 223 cm³/mol. The molecule has 3 atom stereocenters. The first-order valence-corrected chi connectivity index (χ1v) is 24.8. The third-order valence-electron chi connectivity index (χ3n) is 18.2. The SMILES string of the molecule is CC1CCC(N(C2CCC(C)CC2)C2CCC(C3CCC(/C=C/C4CCC(N(C5CCCCC5)C5CCCC6CCCCC65)CC4)CC3)CC2)CC1. The van der Waals surface area contributed by atoms with Crippen molar-refractivity contribution in [1.29, 1.82) is 0 Å². The van der Waals surface area contributed by atoms with Gasteiger partial charge in [-0.3, -0.25) is 9.80 Å². The average Bonchev–Trinajstić information content (AvgIpc) is 3.20. The van der Waals surface area contributed by atoms with Crippen LogP contribution >= 0.6 is 0 Å². The van der Waals surface area contributed by atoms with Crippen LogP contribution in [-0.2, 0) is 0 Å². The zero-order valence-corrected chi connectivity index (χ0v) is 34.8. The fourth-order valence-corrected chi connectivity index (χ4v) is 15.1. The highest BCUT2D eigenvalue weighted by atomic mass is 15.2. The van der Waals surface area contributed by atoms with E-state index in [4.69, 9.17) is 0 Å². The highest BCUT2D eigenvalue weighted by Gasteiger charge is 2.44. The Morgan fingerprint density at radius 1 is 0.308 bits per heavy atom. The molecule has 0 spiro atoms. The predicted octanol–water partition coefficient (Wildman–Crippen LogP) is 13.9. The van der Waals surface area contributed by atoms with Crippen LogP contribution < -0.4 is 0 Å². The molecule has 0 N–H and O–H groups in total. The van der Waals surface area contributed by atoms with Crippen molar-refractivity contribution in [2.24, 2.45) is 47.3 Å². The van der Waals surface area contributed by atoms with Gasteiger partial charge in [0, 0.05) is 36.3 Å². The molecule has 0 aliphatic heterocycles. The molecule has 8 fully saturated rings. The molecule has 8 aliphatic carbocycles. The second kappa shape index (κ2) is 18.7. The molecule has 0 aromatic rings. The van der Waals surface area contributed by atoms with E-state index in [1.807, 2.05) is 0 Å². The van der Waals surface area contributed by atoms with E-state index in [2.05, 4.69) is 35.8 Å². The van der Waals surface area contributed by atoms with Gasteiger partial charge in [0.1, 0.15) is 0 Å². The van der Waals surface area contributed by atoms with Gasteiger partial charge in [-0.2, -0.15) is 0 Å². The summed E-state index contributed by atoms with van der Waals surface area (Å²) in [6.07, 6.45) is 53.8. The lowest BCUT2D eigenvalue weighted by Gasteiger charge is -2.53. The monoisotopic (exact) mass is 715 g/mol. The van der Waals surface area contributed by atoms with E-state index >= 15 is 0 Å². The standard InChI is InChI=1S/C50H86N2/c1-37-15-29-45(30-16-37)51(46-31-17-38(2)18-32-46)47-35-27-42(28-36-47)41-25-21-39(22-26-41)19-20-40-23-33-48(34-24-40)52(44-11-4-3-5-12-44)50-14-8-10-43-9-6-7-13-49(43)50/h19-20,37-50H,3-18,21-36H2,1-2H3/b20-19+. The number of hydrogen-bond donors (Lipinski definition) is 0. The van der Waals surface area contributed by atoms with Gasteiger partial charge < -0.3 is 0 Å². The quantitative estimate of drug-likeness (QED) is 0.219. The maximum atomic E-state index is 3.28. The summed E-state index contributed by atoms with van der Waals surface area (Å²) in [6, 6.07) is 5.47. The van der Waals surface area contributed by atoms with E-state index in [0.717, 1.165) is 83.6 Å². The fraction of sp³-hybridized carbons (Fsp3) is 0.960. The van der Waals surface area contributed by atoms with Gasteiger partial charge in [0.2, 0.25) is 0 Å². The highest BCUT2D eigenvalue weighted by Crippen LogP contribution is 2.47. The molecule has 296 valence electrons. The van der Waals surface area contributed by atoms with E-state index in [1.165, 1.54) is 173 Å². The van der Waals surface area contributed by atoms with Crippen molar-refractivity contribution in [2.45, 2.75) is 256 Å². The third kappa shape index (κ3) is 9.43. The second-order valence-electron chi connectivity index (χ2n) is 21.4. The second-order valence-corrected chi connectivity index (χ2v) is 21.4. The molecule has 0 amide bonds. The van der Waals surface area contributed by atoms with Crippen LogP contribution in [0.3, 0.4) is 0 Å². The van der Waals surface area contributed by atoms with Crippen molar-refractivity contribution in [3.8, 4) is 0 Å². The number of nitrogens with zero attached hydrogens (tertiary/aromatic N) is 2. The van der Waals surface area contributed by atoms with Gasteiger partial charge in [-0.1, -0.05) is 77.4 Å². The van der Waals surface area contributed by atoms with Crippen LogP contribution in [-0.4, -0.2) is 46.1 Å². The first-order valence-electron chi connectivity index (χ1n) is 24.8. The molecule has 0 aromatic heterocycles. The van der Waals surface area contributed by atoms with Crippen LogP contribution in [0, 0.1) is 47.3 Å². The van der Waals surface area contributed by atoms with Gasteiger partial charge >= 0.3 is 0 Å². The summed E-state index contributed by atoms with van der Waals surface area (Å²) >= 11 is 0. The Kier molecular flexibility index (Phi) is 13.9. The summed E-state index contributed by atoms with van der Waals surface area (Å²) in [5.74, 6) is 7.87. The molecule has 8 saturated carbocycles. The molecular weight excluding hydrogens is 629 g/mol. The molecule has 2 heteroatoms. The molecule has 8 rings (SSSR count). The summed E-state index contributed by atoms with van der Waals surface area (Å²) in [4.78, 5) is 6.49. The highest BCUT2D eigenvalue weighted by molar-refractivity contribution is 5.01. The molecular formula is C50H86N2. The third-order valence-corrected chi connectivity index (χ3v) is 18.2. The minimum absolute atomic E-state index is 0.869. The van der Waals surface area contributed by atoms with Crippen LogP contribution in [0.25, 0.3) is 0 Å². The molecule has 52 heavy (non-hydrogen) atoms. The molecule has 0 bridgehead atoms. The number of rotatable bonds is 9. The maximum Gasteiger partial charge on any atom is 0.0132 e. The Balaban J connectivity index is 0.792. The average molecular weight is 715 g/mol. The van der Waals surface area contributed by atoms with E-state index in [1.54, 1.807) is 32.1 Å². The number of fused-ring (bicyclic) bond motifs is 1. The van der Waals surface area contributed by atoms with Gasteiger partial charge in [0.15, 0.2) is 0 Å². The molecule has 0 heterocycles. The minimum Gasteiger partial charge on any atom is -0.294 e. The Labute approximate surface area is 323 Å². The van der Waals surface area contributed by atoms with Crippen molar-refractivity contribution < 1.29 is 0 Å². The van der Waals surface area contributed by atoms with Crippen LogP contribution in [0.2, 0.25) is 0 Å². The Morgan fingerprint density at radius 3 is 1.29 bits per heavy atom. The lowest BCUT2D eigenvalue weighted by atomic mass is 9.67. The van der Waals surface area contributed by atoms with Gasteiger partial charge in [0.05, 0.1) is 0 Å². The zero-order chi connectivity index (χ0) is 35.3.